The predicted molar refractivity (Wildman–Crippen MR) is 123 cm³/mol. The summed E-state index contributed by atoms with van der Waals surface area (Å²) in [7, 11) is -0.441. The Bertz CT molecular complexity index is 1200. The van der Waals surface area contributed by atoms with Gasteiger partial charge in [-0.3, -0.25) is 4.72 Å². The molecule has 1 heterocycles. The summed E-state index contributed by atoms with van der Waals surface area (Å²) in [5.41, 5.74) is 2.48. The zero-order chi connectivity index (χ0) is 22.6. The summed E-state index contributed by atoms with van der Waals surface area (Å²) in [5, 5.41) is 6.45. The third-order valence-corrected chi connectivity index (χ3v) is 5.08. The van der Waals surface area contributed by atoms with E-state index in [1.165, 1.54) is 13.3 Å². The van der Waals surface area contributed by atoms with E-state index in [0.29, 0.717) is 29.0 Å². The lowest BCUT2D eigenvalue weighted by atomic mass is 10.2. The first-order chi connectivity index (χ1) is 14.7. The van der Waals surface area contributed by atoms with Gasteiger partial charge in [-0.2, -0.15) is 4.98 Å². The highest BCUT2D eigenvalue weighted by molar-refractivity contribution is 7.92. The highest BCUT2D eigenvalue weighted by Crippen LogP contribution is 2.33. The number of benzene rings is 2. The fourth-order valence-corrected chi connectivity index (χ4v) is 3.38. The van der Waals surface area contributed by atoms with Gasteiger partial charge in [0.05, 0.1) is 38.0 Å². The third kappa shape index (κ3) is 5.89. The molecule has 3 aromatic rings. The smallest absolute Gasteiger partial charge is 0.229 e. The molecule has 0 aliphatic rings. The van der Waals surface area contributed by atoms with E-state index >= 15 is 0 Å². The number of anilines is 5. The summed E-state index contributed by atoms with van der Waals surface area (Å²) in [4.78, 5) is 8.64. The Balaban J connectivity index is 1.93. The lowest BCUT2D eigenvalue weighted by molar-refractivity contribution is 0.415. The van der Waals surface area contributed by atoms with Gasteiger partial charge in [0.1, 0.15) is 16.5 Å². The molecule has 0 spiro atoms. The number of hydrogen-bond donors (Lipinski definition) is 3. The van der Waals surface area contributed by atoms with Crippen molar-refractivity contribution in [3.8, 4) is 11.5 Å². The minimum atomic E-state index is -3.52. The molecule has 3 rings (SSSR count). The van der Waals surface area contributed by atoms with E-state index < -0.39 is 10.0 Å². The van der Waals surface area contributed by atoms with E-state index in [-0.39, 0.29) is 10.7 Å². The maximum absolute atomic E-state index is 11.8. The van der Waals surface area contributed by atoms with Gasteiger partial charge in [-0.05, 0) is 30.7 Å². The summed E-state index contributed by atoms with van der Waals surface area (Å²) in [6.07, 6.45) is 2.51. The first-order valence-corrected chi connectivity index (χ1v) is 11.3. The van der Waals surface area contributed by atoms with Gasteiger partial charge in [-0.25, -0.2) is 13.4 Å². The number of aromatic nitrogens is 2. The summed E-state index contributed by atoms with van der Waals surface area (Å²) < 4.78 is 36.4. The van der Waals surface area contributed by atoms with Crippen molar-refractivity contribution < 1.29 is 17.9 Å². The number of aryl methyl sites for hydroxylation is 1. The molecule has 11 heteroatoms. The first kappa shape index (κ1) is 22.4. The summed E-state index contributed by atoms with van der Waals surface area (Å²) in [6.45, 7) is 1.94. The maximum atomic E-state index is 11.8. The van der Waals surface area contributed by atoms with Crippen molar-refractivity contribution >= 4 is 50.5 Å². The number of rotatable bonds is 8. The summed E-state index contributed by atoms with van der Waals surface area (Å²) in [6, 6.07) is 10.5. The molecule has 0 saturated carbocycles. The topological polar surface area (TPSA) is 114 Å². The van der Waals surface area contributed by atoms with Crippen molar-refractivity contribution in [1.29, 1.82) is 0 Å². The lowest BCUT2D eigenvalue weighted by Gasteiger charge is -2.15. The van der Waals surface area contributed by atoms with Crippen LogP contribution in [0.15, 0.2) is 42.6 Å². The van der Waals surface area contributed by atoms with Crippen LogP contribution in [0.2, 0.25) is 5.02 Å². The van der Waals surface area contributed by atoms with Crippen molar-refractivity contribution in [1.82, 2.24) is 9.97 Å². The average Bonchev–Trinajstić information content (AvgIpc) is 2.72. The molecule has 31 heavy (non-hydrogen) atoms. The predicted octanol–water partition coefficient (Wildman–Crippen LogP) is 4.31. The van der Waals surface area contributed by atoms with Crippen LogP contribution in [-0.2, 0) is 10.0 Å². The number of ether oxygens (including phenoxy) is 2. The van der Waals surface area contributed by atoms with Gasteiger partial charge in [-0.1, -0.05) is 17.7 Å². The molecule has 0 bridgehead atoms. The number of nitrogens with zero attached hydrogens (tertiary/aromatic N) is 2. The molecular weight excluding hydrogens is 442 g/mol. The van der Waals surface area contributed by atoms with E-state index in [1.54, 1.807) is 25.3 Å². The van der Waals surface area contributed by atoms with Crippen molar-refractivity contribution in [2.45, 2.75) is 6.92 Å². The second-order valence-electron chi connectivity index (χ2n) is 6.61. The van der Waals surface area contributed by atoms with E-state index in [4.69, 9.17) is 21.1 Å². The molecule has 0 radical (unpaired) electrons. The molecule has 0 unspecified atom stereocenters. The minimum absolute atomic E-state index is 0.258. The SMILES string of the molecule is COc1ccc(C)c(Nc2ncc(Cl)c(Nc3ccc(OC)cc3NS(C)(=O)=O)n2)c1. The number of hydrogen-bond acceptors (Lipinski definition) is 8. The number of halogens is 1. The Morgan fingerprint density at radius 3 is 2.23 bits per heavy atom. The van der Waals surface area contributed by atoms with Crippen LogP contribution in [0.3, 0.4) is 0 Å². The van der Waals surface area contributed by atoms with Crippen LogP contribution in [-0.4, -0.2) is 38.9 Å². The molecular formula is C20H22ClN5O4S. The molecule has 2 aromatic carbocycles. The van der Waals surface area contributed by atoms with Gasteiger partial charge in [0, 0.05) is 17.8 Å². The maximum Gasteiger partial charge on any atom is 0.229 e. The first-order valence-electron chi connectivity index (χ1n) is 9.05. The van der Waals surface area contributed by atoms with Crippen LogP contribution in [0, 0.1) is 6.92 Å². The second kappa shape index (κ2) is 9.27. The van der Waals surface area contributed by atoms with E-state index in [1.807, 2.05) is 25.1 Å². The standard InChI is InChI=1S/C20H22ClN5O4S/c1-12-5-6-13(29-2)9-17(12)24-20-22-11-15(21)19(25-20)23-16-8-7-14(30-3)10-18(16)26-31(4,27)28/h5-11,26H,1-4H3,(H2,22,23,24,25). The molecule has 0 aliphatic carbocycles. The zero-order valence-electron chi connectivity index (χ0n) is 17.4. The van der Waals surface area contributed by atoms with Crippen molar-refractivity contribution in [3.05, 3.63) is 53.2 Å². The van der Waals surface area contributed by atoms with Gasteiger partial charge in [0.25, 0.3) is 0 Å². The van der Waals surface area contributed by atoms with Crippen LogP contribution in [0.5, 0.6) is 11.5 Å². The fourth-order valence-electron chi connectivity index (χ4n) is 2.67. The van der Waals surface area contributed by atoms with Gasteiger partial charge >= 0.3 is 0 Å². The van der Waals surface area contributed by atoms with Crippen molar-refractivity contribution in [2.24, 2.45) is 0 Å². The fraction of sp³-hybridized carbons (Fsp3) is 0.200. The van der Waals surface area contributed by atoms with Crippen molar-refractivity contribution in [2.75, 3.05) is 35.8 Å². The molecule has 0 atom stereocenters. The van der Waals surface area contributed by atoms with Gasteiger partial charge < -0.3 is 20.1 Å². The Labute approximate surface area is 185 Å². The summed E-state index contributed by atoms with van der Waals surface area (Å²) >= 11 is 6.27. The van der Waals surface area contributed by atoms with Crippen molar-refractivity contribution in [3.63, 3.8) is 0 Å². The van der Waals surface area contributed by atoms with Crippen LogP contribution < -0.4 is 24.8 Å². The normalized spacial score (nSPS) is 11.0. The highest BCUT2D eigenvalue weighted by atomic mass is 35.5. The van der Waals surface area contributed by atoms with E-state index in [2.05, 4.69) is 25.3 Å². The Kier molecular flexibility index (Phi) is 6.71. The quantitative estimate of drug-likeness (QED) is 0.452. The van der Waals surface area contributed by atoms with E-state index in [0.717, 1.165) is 17.5 Å². The molecule has 1 aromatic heterocycles. The molecule has 164 valence electrons. The van der Waals surface area contributed by atoms with Gasteiger partial charge in [-0.15, -0.1) is 0 Å². The van der Waals surface area contributed by atoms with E-state index in [9.17, 15) is 8.42 Å². The highest BCUT2D eigenvalue weighted by Gasteiger charge is 2.13. The Morgan fingerprint density at radius 2 is 1.58 bits per heavy atom. The molecule has 0 fully saturated rings. The largest absolute Gasteiger partial charge is 0.497 e. The average molecular weight is 464 g/mol. The number of methoxy groups -OCH3 is 2. The van der Waals surface area contributed by atoms with Gasteiger partial charge in [0.15, 0.2) is 5.82 Å². The molecule has 0 saturated heterocycles. The molecule has 9 nitrogen and oxygen atoms in total. The Hall–Kier alpha value is -3.24. The van der Waals surface area contributed by atoms with Gasteiger partial charge in [0.2, 0.25) is 16.0 Å². The molecule has 0 aliphatic heterocycles. The third-order valence-electron chi connectivity index (χ3n) is 4.21. The minimum Gasteiger partial charge on any atom is -0.497 e. The van der Waals surface area contributed by atoms with Crippen LogP contribution in [0.25, 0.3) is 0 Å². The van der Waals surface area contributed by atoms with Crippen LogP contribution >= 0.6 is 11.6 Å². The lowest BCUT2D eigenvalue weighted by Crippen LogP contribution is -2.11. The van der Waals surface area contributed by atoms with Crippen LogP contribution in [0.1, 0.15) is 5.56 Å². The van der Waals surface area contributed by atoms with Crippen LogP contribution in [0.4, 0.5) is 28.8 Å². The monoisotopic (exact) mass is 463 g/mol. The number of sulfonamides is 1. The molecule has 0 amide bonds. The molecule has 3 N–H and O–H groups in total. The second-order valence-corrected chi connectivity index (χ2v) is 8.76. The zero-order valence-corrected chi connectivity index (χ0v) is 18.9. The summed E-state index contributed by atoms with van der Waals surface area (Å²) in [5.74, 6) is 1.77. The number of nitrogens with one attached hydrogen (secondary N) is 3. The Morgan fingerprint density at radius 1 is 0.935 bits per heavy atom.